The molecule has 0 heterocycles. The molecule has 64 valence electrons. The largest absolute Gasteiger partial charge is 0.813 e. The first-order valence-corrected chi connectivity index (χ1v) is 0. The van der Waals surface area contributed by atoms with E-state index in [-0.39, 0.29) is 106 Å². The molecule has 0 aliphatic heterocycles. The summed E-state index contributed by atoms with van der Waals surface area (Å²) in [6.45, 7) is 0. The summed E-state index contributed by atoms with van der Waals surface area (Å²) < 4.78 is 0. The van der Waals surface area contributed by atoms with Gasteiger partial charge in [-0.2, -0.15) is 0 Å². The zero-order chi connectivity index (χ0) is 0. The fourth-order valence-corrected chi connectivity index (χ4v) is 0. The third-order valence-corrected chi connectivity index (χ3v) is 0. The monoisotopic (exact) mass is 326 g/mol. The molecule has 8 heavy (non-hydrogen) atoms. The summed E-state index contributed by atoms with van der Waals surface area (Å²) in [6.07, 6.45) is 0. The van der Waals surface area contributed by atoms with E-state index in [0.29, 0.717) is 0 Å². The quantitative estimate of drug-likeness (QED) is 0.288. The molecule has 0 aromatic rings. The molecule has 4 N–H and O–H groups in total. The van der Waals surface area contributed by atoms with Crippen LogP contribution in [-0.2, 0) is 95.3 Å². The zero-order valence-corrected chi connectivity index (χ0v) is 9.51. The van der Waals surface area contributed by atoms with Gasteiger partial charge in [-0.15, -0.1) is 0 Å². The van der Waals surface area contributed by atoms with Gasteiger partial charge in [0.15, 0.2) is 0 Å². The number of hydrogen-bond donors (Lipinski definition) is 0. The van der Waals surface area contributed by atoms with Crippen molar-refractivity contribution in [1.29, 1.82) is 0 Å². The topological polar surface area (TPSA) is 63.0 Å². The number of hydrogen-bond acceptors (Lipinski definition) is 2. The summed E-state index contributed by atoms with van der Waals surface area (Å²) in [4.78, 5) is 0. The maximum atomic E-state index is 0. The van der Waals surface area contributed by atoms with Crippen molar-refractivity contribution in [1.82, 2.24) is 0 Å². The van der Waals surface area contributed by atoms with Crippen LogP contribution in [0.2, 0.25) is 0 Å². The molecular formula is H6Fe4O2S2-2. The second kappa shape index (κ2) is 101. The third kappa shape index (κ3) is 70.8. The van der Waals surface area contributed by atoms with Gasteiger partial charge in [-0.3, -0.25) is 0 Å². The summed E-state index contributed by atoms with van der Waals surface area (Å²) in [5.74, 6) is 0. The average molecular weight is 326 g/mol. The Labute approximate surface area is 105 Å². The van der Waals surface area contributed by atoms with Crippen molar-refractivity contribution in [2.75, 3.05) is 0 Å². The van der Waals surface area contributed by atoms with Gasteiger partial charge in [0.05, 0.1) is 0 Å². The van der Waals surface area contributed by atoms with E-state index in [9.17, 15) is 0 Å². The van der Waals surface area contributed by atoms with E-state index in [1.54, 1.807) is 0 Å². The van der Waals surface area contributed by atoms with Crippen molar-refractivity contribution in [2.45, 2.75) is 0 Å². The molecular weight excluding hydrogens is 320 g/mol. The average Bonchev–Trinajstić information content (AvgIpc) is 0. The van der Waals surface area contributed by atoms with Gasteiger partial charge in [-0.1, -0.05) is 0 Å². The molecule has 0 saturated carbocycles. The minimum atomic E-state index is 0. The maximum absolute atomic E-state index is 0. The Hall–Kier alpha value is 2.70. The Morgan fingerprint density at radius 3 is 0.375 bits per heavy atom. The molecule has 0 spiro atoms. The molecule has 0 aromatic heterocycles. The van der Waals surface area contributed by atoms with Crippen LogP contribution >= 0.6 is 0 Å². The summed E-state index contributed by atoms with van der Waals surface area (Å²) in [6, 6.07) is 0. The first-order valence-electron chi connectivity index (χ1n) is 0. The van der Waals surface area contributed by atoms with Crippen molar-refractivity contribution >= 4 is 27.0 Å². The van der Waals surface area contributed by atoms with Crippen molar-refractivity contribution < 1.29 is 79.2 Å². The van der Waals surface area contributed by atoms with Crippen LogP contribution in [0.15, 0.2) is 0 Å². The van der Waals surface area contributed by atoms with Crippen LogP contribution in [0.3, 0.4) is 0 Å². The van der Waals surface area contributed by atoms with Crippen LogP contribution in [0.25, 0.3) is 0 Å². The van der Waals surface area contributed by atoms with Crippen LogP contribution in [0.1, 0.15) is 0 Å². The minimum absolute atomic E-state index is 0. The maximum Gasteiger partial charge on any atom is 0 e. The molecule has 0 saturated heterocycles. The predicted octanol–water partition coefficient (Wildman–Crippen LogP) is -2.20. The van der Waals surface area contributed by atoms with Crippen LogP contribution in [0.5, 0.6) is 0 Å². The van der Waals surface area contributed by atoms with Gasteiger partial charge in [0.2, 0.25) is 0 Å². The molecule has 0 aromatic carbocycles. The van der Waals surface area contributed by atoms with Gasteiger partial charge in [-0.05, 0) is 0 Å². The normalized spacial score (nSPS) is 0. The number of rotatable bonds is 0. The Kier molecular flexibility index (Phi) is 1740. The zero-order valence-electron chi connectivity index (χ0n) is 3.31. The summed E-state index contributed by atoms with van der Waals surface area (Å²) in [5.41, 5.74) is 0. The van der Waals surface area contributed by atoms with E-state index in [4.69, 9.17) is 0 Å². The predicted molar refractivity (Wildman–Crippen MR) is 24.7 cm³/mol. The fraction of sp³-hybridized carbons (Fsp3) is 0. The molecule has 0 unspecified atom stereocenters. The van der Waals surface area contributed by atoms with Crippen molar-refractivity contribution in [3.63, 3.8) is 0 Å². The molecule has 0 radical (unpaired) electrons. The van der Waals surface area contributed by atoms with Crippen LogP contribution in [0, 0.1) is 0 Å². The van der Waals surface area contributed by atoms with E-state index in [0.717, 1.165) is 0 Å². The molecule has 0 bridgehead atoms. The molecule has 0 rings (SSSR count). The van der Waals surface area contributed by atoms with Gasteiger partial charge in [-0.25, -0.2) is 0 Å². The second-order valence-electron chi connectivity index (χ2n) is 0. The van der Waals surface area contributed by atoms with Gasteiger partial charge in [0.25, 0.3) is 0 Å². The minimum Gasteiger partial charge on any atom is -0.813 e. The summed E-state index contributed by atoms with van der Waals surface area (Å²) in [7, 11) is 0. The van der Waals surface area contributed by atoms with E-state index < -0.39 is 0 Å². The Morgan fingerprint density at radius 2 is 0.375 bits per heavy atom. The van der Waals surface area contributed by atoms with E-state index >= 15 is 0 Å². The second-order valence-corrected chi connectivity index (χ2v) is 0. The van der Waals surface area contributed by atoms with E-state index in [2.05, 4.69) is 0 Å². The third-order valence-electron chi connectivity index (χ3n) is 0. The van der Waals surface area contributed by atoms with Gasteiger partial charge in [0, 0.05) is 68.3 Å². The SMILES string of the molecule is O.O.[Fe].[Fe].[Fe].[Fe].[SH-].[SH-]. The molecule has 0 aliphatic carbocycles. The van der Waals surface area contributed by atoms with Gasteiger partial charge < -0.3 is 37.9 Å². The first kappa shape index (κ1) is 138. The molecule has 2 nitrogen and oxygen atoms in total. The summed E-state index contributed by atoms with van der Waals surface area (Å²) >= 11 is 0. The Bertz CT molecular complexity index is 12.0. The van der Waals surface area contributed by atoms with Crippen LogP contribution in [0.4, 0.5) is 0 Å². The molecule has 0 aliphatic rings. The summed E-state index contributed by atoms with van der Waals surface area (Å²) in [5, 5.41) is 0. The van der Waals surface area contributed by atoms with Crippen molar-refractivity contribution in [3.8, 4) is 0 Å². The van der Waals surface area contributed by atoms with Crippen LogP contribution < -0.4 is 0 Å². The number of thiol groups is 2. The molecule has 0 atom stereocenters. The molecule has 0 fully saturated rings. The molecule has 0 amide bonds. The van der Waals surface area contributed by atoms with Crippen molar-refractivity contribution in [2.24, 2.45) is 0 Å². The van der Waals surface area contributed by atoms with Crippen molar-refractivity contribution in [3.05, 3.63) is 0 Å². The Balaban J connectivity index is 0. The molecule has 8 heteroatoms. The Morgan fingerprint density at radius 1 is 0.375 bits per heavy atom. The smallest absolute Gasteiger partial charge is 0 e. The fourth-order valence-electron chi connectivity index (χ4n) is 0. The van der Waals surface area contributed by atoms with E-state index in [1.807, 2.05) is 0 Å². The first-order chi connectivity index (χ1) is 0. The van der Waals surface area contributed by atoms with Gasteiger partial charge in [0.1, 0.15) is 0 Å². The van der Waals surface area contributed by atoms with Crippen LogP contribution in [-0.4, -0.2) is 11.0 Å². The van der Waals surface area contributed by atoms with Gasteiger partial charge >= 0.3 is 0 Å². The van der Waals surface area contributed by atoms with E-state index in [1.165, 1.54) is 0 Å². The standard InChI is InChI=1S/4Fe.2H2O.2H2S/h;;;;4*1H2/p-2.